The highest BCUT2D eigenvalue weighted by atomic mass is 79.9. The lowest BCUT2D eigenvalue weighted by Crippen LogP contribution is -1.77. The highest BCUT2D eigenvalue weighted by molar-refractivity contribution is 9.11. The van der Waals surface area contributed by atoms with Crippen molar-refractivity contribution in [3.63, 3.8) is 0 Å². The topological polar surface area (TPSA) is 25.8 Å². The lowest BCUT2D eigenvalue weighted by Gasteiger charge is -1.97. The van der Waals surface area contributed by atoms with E-state index in [2.05, 4.69) is 42.1 Å². The summed E-state index contributed by atoms with van der Waals surface area (Å²) >= 11 is 13.9. The Hall–Kier alpha value is 0.0300. The van der Waals surface area contributed by atoms with Gasteiger partial charge in [0.2, 0.25) is 4.47 Å². The van der Waals surface area contributed by atoms with E-state index in [0.717, 1.165) is 19.5 Å². The van der Waals surface area contributed by atoms with Crippen LogP contribution in [-0.2, 0) is 0 Å². The molecular weight excluding hydrogens is 351 g/mol. The van der Waals surface area contributed by atoms with Crippen LogP contribution < -0.4 is 0 Å². The molecule has 6 heteroatoms. The van der Waals surface area contributed by atoms with Gasteiger partial charge in [-0.15, -0.1) is 10.2 Å². The molecule has 2 rings (SSSR count). The molecule has 72 valence electrons. The van der Waals surface area contributed by atoms with Crippen molar-refractivity contribution >= 4 is 54.8 Å². The van der Waals surface area contributed by atoms with Crippen LogP contribution in [0.1, 0.15) is 0 Å². The lowest BCUT2D eigenvalue weighted by atomic mass is 10.2. The van der Waals surface area contributed by atoms with Crippen molar-refractivity contribution in [1.82, 2.24) is 10.2 Å². The Balaban J connectivity index is 2.51. The molecule has 0 spiro atoms. The van der Waals surface area contributed by atoms with Gasteiger partial charge in [0.25, 0.3) is 0 Å². The molecule has 2 aromatic rings. The second-order valence-corrected chi connectivity index (χ2v) is 5.91. The molecular formula is C8H3Br2ClN2S. The van der Waals surface area contributed by atoms with E-state index < -0.39 is 0 Å². The minimum absolute atomic E-state index is 0.455. The Kier molecular flexibility index (Phi) is 3.21. The van der Waals surface area contributed by atoms with Crippen molar-refractivity contribution in [1.29, 1.82) is 0 Å². The lowest BCUT2D eigenvalue weighted by molar-refractivity contribution is 1.10. The number of hydrogen-bond acceptors (Lipinski definition) is 3. The molecule has 0 saturated heterocycles. The van der Waals surface area contributed by atoms with Crippen molar-refractivity contribution in [3.05, 3.63) is 31.6 Å². The van der Waals surface area contributed by atoms with Crippen LogP contribution >= 0.6 is 54.8 Å². The van der Waals surface area contributed by atoms with E-state index in [9.17, 15) is 0 Å². The first-order valence-electron chi connectivity index (χ1n) is 3.60. The maximum atomic E-state index is 5.71. The quantitative estimate of drug-likeness (QED) is 0.759. The number of aromatic nitrogens is 2. The molecule has 2 nitrogen and oxygen atoms in total. The first-order valence-corrected chi connectivity index (χ1v) is 6.38. The van der Waals surface area contributed by atoms with E-state index in [1.54, 1.807) is 0 Å². The predicted octanol–water partition coefficient (Wildman–Crippen LogP) is 4.38. The Morgan fingerprint density at radius 1 is 1.07 bits per heavy atom. The molecule has 1 aromatic heterocycles. The van der Waals surface area contributed by atoms with Crippen molar-refractivity contribution in [2.75, 3.05) is 0 Å². The average molecular weight is 354 g/mol. The van der Waals surface area contributed by atoms with E-state index in [1.807, 2.05) is 18.2 Å². The number of hydrogen-bond donors (Lipinski definition) is 0. The zero-order valence-corrected chi connectivity index (χ0v) is 11.4. The van der Waals surface area contributed by atoms with Crippen LogP contribution in [0.25, 0.3) is 10.6 Å². The molecule has 0 amide bonds. The summed E-state index contributed by atoms with van der Waals surface area (Å²) < 4.78 is 2.44. The second-order valence-electron chi connectivity index (χ2n) is 2.52. The van der Waals surface area contributed by atoms with Crippen LogP contribution in [0.3, 0.4) is 0 Å². The van der Waals surface area contributed by atoms with Crippen LogP contribution in [0.2, 0.25) is 4.47 Å². The molecule has 0 unspecified atom stereocenters. The highest BCUT2D eigenvalue weighted by Gasteiger charge is 2.06. The number of rotatable bonds is 1. The predicted molar refractivity (Wildman–Crippen MR) is 65.8 cm³/mol. The summed E-state index contributed by atoms with van der Waals surface area (Å²) in [6.45, 7) is 0. The van der Waals surface area contributed by atoms with E-state index >= 15 is 0 Å². The Bertz CT molecular complexity index is 452. The summed E-state index contributed by atoms with van der Waals surface area (Å²) in [6, 6.07) is 5.91. The summed E-state index contributed by atoms with van der Waals surface area (Å²) in [5, 5.41) is 8.54. The van der Waals surface area contributed by atoms with Crippen molar-refractivity contribution in [3.8, 4) is 10.6 Å². The third kappa shape index (κ3) is 2.34. The minimum Gasteiger partial charge on any atom is -0.137 e. The zero-order chi connectivity index (χ0) is 10.1. The summed E-state index contributed by atoms with van der Waals surface area (Å²) in [5.41, 5.74) is 0.996. The molecule has 0 aliphatic carbocycles. The Morgan fingerprint density at radius 3 is 2.21 bits per heavy atom. The standard InChI is InChI=1S/C8H3Br2ClN2S/c9-5-1-4(2-6(10)3-5)7-12-13-8(11)14-7/h1-3H. The van der Waals surface area contributed by atoms with Gasteiger partial charge >= 0.3 is 0 Å². The van der Waals surface area contributed by atoms with E-state index in [4.69, 9.17) is 11.6 Å². The average Bonchev–Trinajstić information content (AvgIpc) is 2.50. The molecule has 0 bridgehead atoms. The van der Waals surface area contributed by atoms with Gasteiger partial charge in [0.15, 0.2) is 0 Å². The normalized spacial score (nSPS) is 10.5. The van der Waals surface area contributed by atoms with Gasteiger partial charge in [0.05, 0.1) is 0 Å². The first kappa shape index (κ1) is 10.5. The second kappa shape index (κ2) is 4.26. The fourth-order valence-electron chi connectivity index (χ4n) is 0.999. The van der Waals surface area contributed by atoms with E-state index in [-0.39, 0.29) is 0 Å². The highest BCUT2D eigenvalue weighted by Crippen LogP contribution is 2.30. The molecule has 0 radical (unpaired) electrons. The maximum Gasteiger partial charge on any atom is 0.207 e. The Morgan fingerprint density at radius 2 is 1.71 bits per heavy atom. The number of nitrogens with zero attached hydrogens (tertiary/aromatic N) is 2. The third-order valence-corrected chi connectivity index (χ3v) is 3.49. The Labute approximate surface area is 107 Å². The monoisotopic (exact) mass is 352 g/mol. The molecule has 0 fully saturated rings. The fraction of sp³-hybridized carbons (Fsp3) is 0. The van der Waals surface area contributed by atoms with Gasteiger partial charge in [-0.05, 0) is 29.8 Å². The minimum atomic E-state index is 0.455. The summed E-state index contributed by atoms with van der Waals surface area (Å²) in [6.07, 6.45) is 0. The van der Waals surface area contributed by atoms with Gasteiger partial charge in [-0.2, -0.15) is 0 Å². The largest absolute Gasteiger partial charge is 0.207 e. The summed E-state index contributed by atoms with van der Waals surface area (Å²) in [5.74, 6) is 0. The van der Waals surface area contributed by atoms with E-state index in [1.165, 1.54) is 11.3 Å². The smallest absolute Gasteiger partial charge is 0.137 e. The van der Waals surface area contributed by atoms with Gasteiger partial charge in [-0.3, -0.25) is 0 Å². The molecule has 1 aromatic carbocycles. The molecule has 0 aliphatic heterocycles. The SMILES string of the molecule is Clc1nnc(-c2cc(Br)cc(Br)c2)s1. The van der Waals surface area contributed by atoms with Gasteiger partial charge < -0.3 is 0 Å². The van der Waals surface area contributed by atoms with Crippen molar-refractivity contribution in [2.45, 2.75) is 0 Å². The molecule has 0 atom stereocenters. The number of benzene rings is 1. The van der Waals surface area contributed by atoms with Crippen LogP contribution in [0, 0.1) is 0 Å². The van der Waals surface area contributed by atoms with Crippen LogP contribution in [0.4, 0.5) is 0 Å². The molecule has 1 heterocycles. The summed E-state index contributed by atoms with van der Waals surface area (Å²) in [4.78, 5) is 0. The first-order chi connectivity index (χ1) is 6.65. The van der Waals surface area contributed by atoms with E-state index in [0.29, 0.717) is 4.47 Å². The molecule has 0 N–H and O–H groups in total. The van der Waals surface area contributed by atoms with Gasteiger partial charge in [0, 0.05) is 14.5 Å². The van der Waals surface area contributed by atoms with Crippen LogP contribution in [-0.4, -0.2) is 10.2 Å². The van der Waals surface area contributed by atoms with Gasteiger partial charge in [0.1, 0.15) is 5.01 Å². The number of halogens is 3. The van der Waals surface area contributed by atoms with Crippen molar-refractivity contribution in [2.24, 2.45) is 0 Å². The zero-order valence-electron chi connectivity index (χ0n) is 6.67. The third-order valence-electron chi connectivity index (χ3n) is 1.51. The van der Waals surface area contributed by atoms with Gasteiger partial charge in [-0.1, -0.05) is 43.2 Å². The molecule has 0 aliphatic rings. The van der Waals surface area contributed by atoms with Crippen LogP contribution in [0.15, 0.2) is 27.1 Å². The summed E-state index contributed by atoms with van der Waals surface area (Å²) in [7, 11) is 0. The maximum absolute atomic E-state index is 5.71. The van der Waals surface area contributed by atoms with Crippen molar-refractivity contribution < 1.29 is 0 Å². The molecule has 0 saturated carbocycles. The van der Waals surface area contributed by atoms with Gasteiger partial charge in [-0.25, -0.2) is 0 Å². The van der Waals surface area contributed by atoms with Crippen LogP contribution in [0.5, 0.6) is 0 Å². The molecule has 14 heavy (non-hydrogen) atoms. The fourth-order valence-corrected chi connectivity index (χ4v) is 3.11.